The van der Waals surface area contributed by atoms with Gasteiger partial charge in [0.25, 0.3) is 0 Å². The van der Waals surface area contributed by atoms with Gasteiger partial charge in [0, 0.05) is 6.42 Å². The number of carbonyl (C=O) groups excluding carboxylic acids is 2. The van der Waals surface area contributed by atoms with Gasteiger partial charge in [-0.3, -0.25) is 9.59 Å². The van der Waals surface area contributed by atoms with Crippen molar-refractivity contribution < 1.29 is 9.59 Å². The van der Waals surface area contributed by atoms with E-state index in [1.54, 1.807) is 6.92 Å². The molecular formula is C15H24N2O2. The van der Waals surface area contributed by atoms with Crippen LogP contribution in [0.2, 0.25) is 0 Å². The Bertz CT molecular complexity index is 397. The van der Waals surface area contributed by atoms with E-state index in [4.69, 9.17) is 0 Å². The summed E-state index contributed by atoms with van der Waals surface area (Å²) in [6.45, 7) is 7.71. The Morgan fingerprint density at radius 2 is 2.05 bits per heavy atom. The number of carbonyl (C=O) groups is 2. The summed E-state index contributed by atoms with van der Waals surface area (Å²) in [5, 5.41) is 5.65. The Labute approximate surface area is 115 Å². The lowest BCUT2D eigenvalue weighted by atomic mass is 10.0. The minimum Gasteiger partial charge on any atom is -0.348 e. The van der Waals surface area contributed by atoms with Gasteiger partial charge in [0.15, 0.2) is 0 Å². The molecule has 19 heavy (non-hydrogen) atoms. The minimum atomic E-state index is -0.495. The van der Waals surface area contributed by atoms with E-state index in [0.29, 0.717) is 12.3 Å². The smallest absolute Gasteiger partial charge is 0.242 e. The average Bonchev–Trinajstić information content (AvgIpc) is 2.27. The first kappa shape index (κ1) is 15.5. The van der Waals surface area contributed by atoms with E-state index in [9.17, 15) is 9.59 Å². The average molecular weight is 264 g/mol. The fourth-order valence-electron chi connectivity index (χ4n) is 1.98. The highest BCUT2D eigenvalue weighted by molar-refractivity contribution is 5.87. The van der Waals surface area contributed by atoms with E-state index in [0.717, 1.165) is 6.42 Å². The molecule has 0 aliphatic heterocycles. The van der Waals surface area contributed by atoms with E-state index in [1.165, 1.54) is 5.57 Å². The van der Waals surface area contributed by atoms with Gasteiger partial charge in [-0.2, -0.15) is 0 Å². The van der Waals surface area contributed by atoms with Gasteiger partial charge < -0.3 is 10.6 Å². The number of amides is 2. The lowest BCUT2D eigenvalue weighted by Crippen LogP contribution is -2.48. The van der Waals surface area contributed by atoms with Gasteiger partial charge in [0.2, 0.25) is 11.8 Å². The highest BCUT2D eigenvalue weighted by Gasteiger charge is 2.19. The SMILES string of the molecule is CC1=CC=C[C@@H](NC(=O)[C@H](C)NC(=O)CC(C)C)C1. The van der Waals surface area contributed by atoms with Crippen molar-refractivity contribution >= 4 is 11.8 Å². The van der Waals surface area contributed by atoms with E-state index in [1.807, 2.05) is 39.0 Å². The van der Waals surface area contributed by atoms with E-state index < -0.39 is 6.04 Å². The second kappa shape index (κ2) is 7.12. The van der Waals surface area contributed by atoms with Crippen molar-refractivity contribution in [3.63, 3.8) is 0 Å². The summed E-state index contributed by atoms with van der Waals surface area (Å²) in [5.41, 5.74) is 1.24. The molecule has 106 valence electrons. The summed E-state index contributed by atoms with van der Waals surface area (Å²) >= 11 is 0. The second-order valence-corrected chi connectivity index (χ2v) is 5.60. The molecule has 4 heteroatoms. The van der Waals surface area contributed by atoms with E-state index >= 15 is 0 Å². The topological polar surface area (TPSA) is 58.2 Å². The Morgan fingerprint density at radius 3 is 2.63 bits per heavy atom. The third-order valence-electron chi connectivity index (χ3n) is 2.96. The van der Waals surface area contributed by atoms with Gasteiger partial charge in [0.05, 0.1) is 6.04 Å². The molecule has 0 fully saturated rings. The molecule has 1 rings (SSSR count). The molecule has 1 aliphatic carbocycles. The van der Waals surface area contributed by atoms with Crippen molar-refractivity contribution in [2.45, 2.75) is 52.6 Å². The van der Waals surface area contributed by atoms with Crippen LogP contribution in [0.15, 0.2) is 23.8 Å². The monoisotopic (exact) mass is 264 g/mol. The first-order chi connectivity index (χ1) is 8.88. The van der Waals surface area contributed by atoms with E-state index in [-0.39, 0.29) is 17.9 Å². The third kappa shape index (κ3) is 5.73. The minimum absolute atomic E-state index is 0.0296. The van der Waals surface area contributed by atoms with Crippen molar-refractivity contribution in [3.05, 3.63) is 23.8 Å². The van der Waals surface area contributed by atoms with E-state index in [2.05, 4.69) is 10.6 Å². The largest absolute Gasteiger partial charge is 0.348 e. The Kier molecular flexibility index (Phi) is 5.80. The lowest BCUT2D eigenvalue weighted by Gasteiger charge is -2.21. The lowest BCUT2D eigenvalue weighted by molar-refractivity contribution is -0.129. The van der Waals surface area contributed by atoms with Crippen LogP contribution < -0.4 is 10.6 Å². The molecule has 0 aromatic rings. The fraction of sp³-hybridized carbons (Fsp3) is 0.600. The zero-order chi connectivity index (χ0) is 14.4. The van der Waals surface area contributed by atoms with Crippen LogP contribution in [-0.4, -0.2) is 23.9 Å². The number of hydrogen-bond donors (Lipinski definition) is 2. The number of rotatable bonds is 5. The second-order valence-electron chi connectivity index (χ2n) is 5.60. The molecule has 1 aliphatic rings. The number of allylic oxidation sites excluding steroid dienone is 2. The molecule has 2 amide bonds. The molecule has 0 saturated carbocycles. The first-order valence-electron chi connectivity index (χ1n) is 6.82. The maximum atomic E-state index is 12.0. The molecule has 0 aromatic carbocycles. The van der Waals surface area contributed by atoms with Gasteiger partial charge >= 0.3 is 0 Å². The highest BCUT2D eigenvalue weighted by atomic mass is 16.2. The Balaban J connectivity index is 2.39. The molecule has 2 N–H and O–H groups in total. The standard InChI is InChI=1S/C15H24N2O2/c1-10(2)8-14(18)16-12(4)15(19)17-13-7-5-6-11(3)9-13/h5-7,10,12-13H,8-9H2,1-4H3,(H,16,18)(H,17,19)/t12-,13+/m0/s1. The van der Waals surface area contributed by atoms with Gasteiger partial charge in [-0.25, -0.2) is 0 Å². The number of nitrogens with one attached hydrogen (secondary N) is 2. The third-order valence-corrected chi connectivity index (χ3v) is 2.96. The van der Waals surface area contributed by atoms with Gasteiger partial charge in [-0.15, -0.1) is 0 Å². The zero-order valence-corrected chi connectivity index (χ0v) is 12.2. The van der Waals surface area contributed by atoms with Gasteiger partial charge in [-0.1, -0.05) is 37.6 Å². The number of hydrogen-bond acceptors (Lipinski definition) is 2. The van der Waals surface area contributed by atoms with Gasteiger partial charge in [-0.05, 0) is 26.2 Å². The van der Waals surface area contributed by atoms with Crippen LogP contribution >= 0.6 is 0 Å². The van der Waals surface area contributed by atoms with Crippen molar-refractivity contribution in [3.8, 4) is 0 Å². The van der Waals surface area contributed by atoms with Crippen molar-refractivity contribution in [1.29, 1.82) is 0 Å². The van der Waals surface area contributed by atoms with Crippen LogP contribution in [0, 0.1) is 5.92 Å². The quantitative estimate of drug-likeness (QED) is 0.797. The fourth-order valence-corrected chi connectivity index (χ4v) is 1.98. The van der Waals surface area contributed by atoms with Gasteiger partial charge in [0.1, 0.15) is 6.04 Å². The Morgan fingerprint density at radius 1 is 1.37 bits per heavy atom. The summed E-state index contributed by atoms with van der Waals surface area (Å²) in [6.07, 6.45) is 7.23. The predicted molar refractivity (Wildman–Crippen MR) is 76.5 cm³/mol. The van der Waals surface area contributed by atoms with Crippen molar-refractivity contribution in [2.75, 3.05) is 0 Å². The summed E-state index contributed by atoms with van der Waals surface area (Å²) in [6, 6.07) is -0.465. The van der Waals surface area contributed by atoms with Crippen LogP contribution in [0.1, 0.15) is 40.5 Å². The van der Waals surface area contributed by atoms with Crippen LogP contribution in [0.25, 0.3) is 0 Å². The first-order valence-corrected chi connectivity index (χ1v) is 6.82. The highest BCUT2D eigenvalue weighted by Crippen LogP contribution is 2.11. The summed E-state index contributed by atoms with van der Waals surface area (Å²) in [7, 11) is 0. The van der Waals surface area contributed by atoms with Crippen LogP contribution in [0.5, 0.6) is 0 Å². The molecule has 0 bridgehead atoms. The normalized spacial score (nSPS) is 19.8. The zero-order valence-electron chi connectivity index (χ0n) is 12.2. The van der Waals surface area contributed by atoms with Crippen LogP contribution in [0.3, 0.4) is 0 Å². The molecule has 4 nitrogen and oxygen atoms in total. The molecule has 0 saturated heterocycles. The van der Waals surface area contributed by atoms with Crippen LogP contribution in [0.4, 0.5) is 0 Å². The molecule has 0 heterocycles. The molecular weight excluding hydrogens is 240 g/mol. The molecule has 0 spiro atoms. The molecule has 2 atom stereocenters. The van der Waals surface area contributed by atoms with Crippen molar-refractivity contribution in [2.24, 2.45) is 5.92 Å². The summed E-state index contributed by atoms with van der Waals surface area (Å²) in [5.74, 6) is 0.0821. The maximum Gasteiger partial charge on any atom is 0.242 e. The van der Waals surface area contributed by atoms with Crippen molar-refractivity contribution in [1.82, 2.24) is 10.6 Å². The maximum absolute atomic E-state index is 12.0. The summed E-state index contributed by atoms with van der Waals surface area (Å²) in [4.78, 5) is 23.6. The predicted octanol–water partition coefficient (Wildman–Crippen LogP) is 1.93. The molecule has 0 radical (unpaired) electrons. The van der Waals surface area contributed by atoms with Crippen LogP contribution in [-0.2, 0) is 9.59 Å². The molecule has 0 aromatic heterocycles. The summed E-state index contributed by atoms with van der Waals surface area (Å²) < 4.78 is 0. The molecule has 0 unspecified atom stereocenters. The Hall–Kier alpha value is -1.58.